The first kappa shape index (κ1) is 26.7. The Morgan fingerprint density at radius 3 is 2.67 bits per heavy atom. The monoisotopic (exact) mass is 504 g/mol. The van der Waals surface area contributed by atoms with E-state index in [9.17, 15) is 19.6 Å². The molecule has 0 spiro atoms. The minimum Gasteiger partial charge on any atom is -0.445 e. The van der Waals surface area contributed by atoms with E-state index in [0.717, 1.165) is 25.7 Å². The highest BCUT2D eigenvalue weighted by atomic mass is 16.7. The minimum atomic E-state index is -0.793. The van der Waals surface area contributed by atoms with E-state index in [4.69, 9.17) is 14.2 Å². The fourth-order valence-electron chi connectivity index (χ4n) is 6.05. The fourth-order valence-corrected chi connectivity index (χ4v) is 6.05. The quantitative estimate of drug-likeness (QED) is 0.414. The summed E-state index contributed by atoms with van der Waals surface area (Å²) in [6, 6.07) is 0.923. The predicted octanol–water partition coefficient (Wildman–Crippen LogP) is 2.09. The van der Waals surface area contributed by atoms with Gasteiger partial charge in [0.05, 0.1) is 25.2 Å². The van der Waals surface area contributed by atoms with Crippen LogP contribution in [0.15, 0.2) is 0 Å². The predicted molar refractivity (Wildman–Crippen MR) is 129 cm³/mol. The lowest BCUT2D eigenvalue weighted by Gasteiger charge is -2.30. The van der Waals surface area contributed by atoms with Crippen LogP contribution >= 0.6 is 0 Å². The molecule has 10 heteroatoms. The molecule has 3 amide bonds. The van der Waals surface area contributed by atoms with E-state index in [1.165, 1.54) is 0 Å². The number of nitrogens with zero attached hydrogens (tertiary/aromatic N) is 1. The molecule has 4 aliphatic rings. The average molecular weight is 505 g/mol. The second-order valence-electron chi connectivity index (χ2n) is 11.3. The smallest absolute Gasteiger partial charge is 0.408 e. The summed E-state index contributed by atoms with van der Waals surface area (Å²) in [7, 11) is 0. The van der Waals surface area contributed by atoms with Crippen LogP contribution in [0.3, 0.4) is 0 Å². The van der Waals surface area contributed by atoms with Gasteiger partial charge in [-0.3, -0.25) is 9.59 Å². The zero-order valence-electron chi connectivity index (χ0n) is 21.5. The summed E-state index contributed by atoms with van der Waals surface area (Å²) in [5.74, 6) is -0.234. The number of carbonyl (C=O) groups excluding carboxylic acids is 3. The molecule has 2 bridgehead atoms. The number of nitrogens with one attached hydrogen (secondary N) is 3. The molecular weight excluding hydrogens is 464 g/mol. The molecule has 1 aliphatic carbocycles. The molecule has 0 aromatic carbocycles. The van der Waals surface area contributed by atoms with Gasteiger partial charge in [0.1, 0.15) is 12.1 Å². The molecule has 3 heterocycles. The maximum absolute atomic E-state index is 13.4. The summed E-state index contributed by atoms with van der Waals surface area (Å²) in [5.41, 5.74) is 0. The lowest BCUT2D eigenvalue weighted by Crippen LogP contribution is -2.53. The molecular formula is C26H40N4O6. The van der Waals surface area contributed by atoms with Crippen LogP contribution in [0.25, 0.3) is 0 Å². The van der Waals surface area contributed by atoms with Crippen molar-refractivity contribution in [1.29, 1.82) is 5.26 Å². The number of hydrogen-bond acceptors (Lipinski definition) is 7. The van der Waals surface area contributed by atoms with E-state index in [1.807, 2.05) is 0 Å². The first-order chi connectivity index (χ1) is 17.3. The molecule has 0 aromatic rings. The number of piperidine rings is 1. The van der Waals surface area contributed by atoms with Crippen molar-refractivity contribution < 1.29 is 28.6 Å². The van der Waals surface area contributed by atoms with Crippen LogP contribution in [0.4, 0.5) is 4.79 Å². The molecule has 0 radical (unpaired) electrons. The number of ether oxygens (including phenoxy) is 3. The van der Waals surface area contributed by atoms with Crippen molar-refractivity contribution in [3.63, 3.8) is 0 Å². The standard InChI is InChI=1S/C26H40N4O6/c1-14(2)6-7-20(24(32)29-21(15(3)11-27)10-16-5-4-8-28-23(16)31)30-26(33)36-22-17-9-18-19(22)13-35-25(18)34-12-17/h14-22,25H,4-10,12-13H2,1-3H3,(H,28,31)(H,29,32)(H,30,33)/t15?,16?,17?,18?,19-,20-,21-,22+,25+/m0/s1. The number of nitriles is 1. The van der Waals surface area contributed by atoms with Gasteiger partial charge in [-0.15, -0.1) is 0 Å². The molecule has 1 saturated carbocycles. The SMILES string of the molecule is CC(C)CC[C@H](NC(=O)O[C@@H]1C2CO[C@@H]3OC[C@H]1C3C2)C(=O)N[C@@H](CC1CCCNC1=O)C(C)C#N. The van der Waals surface area contributed by atoms with Crippen LogP contribution in [0.2, 0.25) is 0 Å². The highest BCUT2D eigenvalue weighted by Gasteiger charge is 2.56. The van der Waals surface area contributed by atoms with Crippen molar-refractivity contribution in [2.75, 3.05) is 19.8 Å². The molecule has 4 unspecified atom stereocenters. The molecule has 3 saturated heterocycles. The van der Waals surface area contributed by atoms with Gasteiger partial charge < -0.3 is 30.2 Å². The van der Waals surface area contributed by atoms with E-state index in [-0.39, 0.29) is 47.9 Å². The van der Waals surface area contributed by atoms with Crippen LogP contribution in [0.5, 0.6) is 0 Å². The molecule has 200 valence electrons. The lowest BCUT2D eigenvalue weighted by molar-refractivity contribution is -0.169. The summed E-state index contributed by atoms with van der Waals surface area (Å²) in [5, 5.41) is 18.2. The fraction of sp³-hybridized carbons (Fsp3) is 0.846. The molecule has 3 aliphatic heterocycles. The molecule has 4 rings (SSSR count). The van der Waals surface area contributed by atoms with Crippen LogP contribution in [-0.4, -0.2) is 62.1 Å². The van der Waals surface area contributed by atoms with Crippen LogP contribution in [0.1, 0.15) is 59.3 Å². The zero-order chi connectivity index (χ0) is 25.8. The largest absolute Gasteiger partial charge is 0.445 e. The number of hydrogen-bond donors (Lipinski definition) is 3. The Bertz CT molecular complexity index is 860. The van der Waals surface area contributed by atoms with E-state index < -0.39 is 24.1 Å². The summed E-state index contributed by atoms with van der Waals surface area (Å²) in [6.07, 6.45) is 3.02. The van der Waals surface area contributed by atoms with Crippen molar-refractivity contribution in [2.45, 2.75) is 83.8 Å². The second kappa shape index (κ2) is 11.8. The summed E-state index contributed by atoms with van der Waals surface area (Å²) in [6.45, 7) is 7.55. The molecule has 36 heavy (non-hydrogen) atoms. The Balaban J connectivity index is 1.38. The Hall–Kier alpha value is -2.38. The normalized spacial score (nSPS) is 33.2. The van der Waals surface area contributed by atoms with Crippen LogP contribution < -0.4 is 16.0 Å². The molecule has 0 aromatic heterocycles. The second-order valence-corrected chi connectivity index (χ2v) is 11.3. The first-order valence-corrected chi connectivity index (χ1v) is 13.4. The number of rotatable bonds is 10. The van der Waals surface area contributed by atoms with Crippen molar-refractivity contribution in [1.82, 2.24) is 16.0 Å². The topological polar surface area (TPSA) is 139 Å². The van der Waals surface area contributed by atoms with E-state index in [2.05, 4.69) is 35.9 Å². The zero-order valence-corrected chi connectivity index (χ0v) is 21.5. The maximum atomic E-state index is 13.4. The average Bonchev–Trinajstić information content (AvgIpc) is 3.38. The third-order valence-corrected chi connectivity index (χ3v) is 8.25. The van der Waals surface area contributed by atoms with Gasteiger partial charge >= 0.3 is 6.09 Å². The number of fused-ring (bicyclic) bond motifs is 1. The lowest BCUT2D eigenvalue weighted by atomic mass is 9.87. The number of amides is 3. The number of alkyl carbamates (subject to hydrolysis) is 1. The van der Waals surface area contributed by atoms with Gasteiger partial charge in [-0.25, -0.2) is 4.79 Å². The molecule has 4 fully saturated rings. The third-order valence-electron chi connectivity index (χ3n) is 8.25. The highest BCUT2D eigenvalue weighted by molar-refractivity contribution is 5.86. The van der Waals surface area contributed by atoms with Crippen molar-refractivity contribution in [3.05, 3.63) is 0 Å². The van der Waals surface area contributed by atoms with Gasteiger partial charge in [0.2, 0.25) is 11.8 Å². The minimum absolute atomic E-state index is 0.0346. The van der Waals surface area contributed by atoms with Crippen molar-refractivity contribution in [3.8, 4) is 6.07 Å². The third kappa shape index (κ3) is 6.12. The van der Waals surface area contributed by atoms with E-state index in [0.29, 0.717) is 38.5 Å². The highest BCUT2D eigenvalue weighted by Crippen LogP contribution is 2.49. The summed E-state index contributed by atoms with van der Waals surface area (Å²) < 4.78 is 17.3. The van der Waals surface area contributed by atoms with Crippen molar-refractivity contribution in [2.24, 2.45) is 35.5 Å². The Kier molecular flexibility index (Phi) is 8.73. The first-order valence-electron chi connectivity index (χ1n) is 13.4. The molecule has 9 atom stereocenters. The van der Waals surface area contributed by atoms with Crippen LogP contribution in [0, 0.1) is 46.8 Å². The van der Waals surface area contributed by atoms with Gasteiger partial charge in [-0.2, -0.15) is 5.26 Å². The van der Waals surface area contributed by atoms with Gasteiger partial charge in [0.15, 0.2) is 6.29 Å². The summed E-state index contributed by atoms with van der Waals surface area (Å²) in [4.78, 5) is 38.6. The Labute approximate surface area is 213 Å². The molecule has 10 nitrogen and oxygen atoms in total. The molecule has 3 N–H and O–H groups in total. The van der Waals surface area contributed by atoms with Gasteiger partial charge in [0, 0.05) is 36.3 Å². The van der Waals surface area contributed by atoms with Crippen molar-refractivity contribution >= 4 is 17.9 Å². The summed E-state index contributed by atoms with van der Waals surface area (Å²) >= 11 is 0. The number of carbonyl (C=O) groups is 3. The van der Waals surface area contributed by atoms with E-state index >= 15 is 0 Å². The van der Waals surface area contributed by atoms with Gasteiger partial charge in [-0.05, 0) is 51.4 Å². The van der Waals surface area contributed by atoms with Gasteiger partial charge in [-0.1, -0.05) is 13.8 Å². The Morgan fingerprint density at radius 1 is 1.17 bits per heavy atom. The van der Waals surface area contributed by atoms with Gasteiger partial charge in [0.25, 0.3) is 0 Å². The van der Waals surface area contributed by atoms with E-state index in [1.54, 1.807) is 6.92 Å². The Morgan fingerprint density at radius 2 is 1.94 bits per heavy atom. The van der Waals surface area contributed by atoms with Crippen LogP contribution in [-0.2, 0) is 23.8 Å². The maximum Gasteiger partial charge on any atom is 0.408 e.